The lowest BCUT2D eigenvalue weighted by atomic mass is 10.0. The zero-order chi connectivity index (χ0) is 18.5. The van der Waals surface area contributed by atoms with Crippen LogP contribution >= 0.6 is 0 Å². The van der Waals surface area contributed by atoms with Crippen LogP contribution in [0.25, 0.3) is 5.69 Å². The Kier molecular flexibility index (Phi) is 5.36. The molecule has 1 aromatic heterocycles. The maximum absolute atomic E-state index is 13.4. The fraction of sp³-hybridized carbons (Fsp3) is 0.316. The van der Waals surface area contributed by atoms with Crippen molar-refractivity contribution in [2.45, 2.75) is 6.04 Å². The number of halogens is 1. The van der Waals surface area contributed by atoms with Gasteiger partial charge in [0.05, 0.1) is 24.9 Å². The highest BCUT2D eigenvalue weighted by molar-refractivity contribution is 5.38. The van der Waals surface area contributed by atoms with E-state index in [9.17, 15) is 4.39 Å². The molecule has 0 bridgehead atoms. The van der Waals surface area contributed by atoms with Crippen molar-refractivity contribution in [3.8, 4) is 5.69 Å². The van der Waals surface area contributed by atoms with Gasteiger partial charge >= 0.3 is 0 Å². The summed E-state index contributed by atoms with van der Waals surface area (Å²) in [5.74, 6) is 0.335. The minimum absolute atomic E-state index is 0.0652. The van der Waals surface area contributed by atoms with Crippen LogP contribution in [0.4, 0.5) is 10.3 Å². The Morgan fingerprint density at radius 3 is 2.52 bits per heavy atom. The van der Waals surface area contributed by atoms with Crippen molar-refractivity contribution in [3.05, 3.63) is 66.0 Å². The number of hydrogen-bond acceptors (Lipinski definition) is 6. The molecule has 0 spiro atoms. The molecule has 1 aliphatic heterocycles. The fourth-order valence-electron chi connectivity index (χ4n) is 3.26. The molecule has 0 amide bonds. The van der Waals surface area contributed by atoms with Crippen molar-refractivity contribution < 1.29 is 9.13 Å². The van der Waals surface area contributed by atoms with Gasteiger partial charge in [0.2, 0.25) is 5.95 Å². The third-order valence-corrected chi connectivity index (χ3v) is 4.67. The summed E-state index contributed by atoms with van der Waals surface area (Å²) in [6.07, 6.45) is 0. The Balaban J connectivity index is 1.54. The Bertz CT molecular complexity index is 848. The van der Waals surface area contributed by atoms with Crippen molar-refractivity contribution in [1.29, 1.82) is 0 Å². The molecule has 0 saturated carbocycles. The molecule has 27 heavy (non-hydrogen) atoms. The Labute approximate surface area is 156 Å². The molecule has 1 N–H and O–H groups in total. The van der Waals surface area contributed by atoms with Crippen LogP contribution < -0.4 is 5.32 Å². The molecule has 4 rings (SSSR count). The average molecular weight is 368 g/mol. The van der Waals surface area contributed by atoms with E-state index in [-0.39, 0.29) is 11.9 Å². The lowest BCUT2D eigenvalue weighted by Crippen LogP contribution is -2.41. The van der Waals surface area contributed by atoms with Gasteiger partial charge in [0, 0.05) is 19.6 Å². The third-order valence-electron chi connectivity index (χ3n) is 4.67. The molecule has 7 nitrogen and oxygen atoms in total. The van der Waals surface area contributed by atoms with E-state index in [2.05, 4.69) is 25.7 Å². The second-order valence-electron chi connectivity index (χ2n) is 6.35. The number of aromatic nitrogens is 4. The zero-order valence-electron chi connectivity index (χ0n) is 14.8. The number of ether oxygens (including phenoxy) is 1. The minimum atomic E-state index is -0.236. The average Bonchev–Trinajstić information content (AvgIpc) is 3.19. The summed E-state index contributed by atoms with van der Waals surface area (Å²) in [5.41, 5.74) is 1.93. The normalized spacial score (nSPS) is 16.2. The number of para-hydroxylation sites is 1. The molecule has 140 valence electrons. The van der Waals surface area contributed by atoms with Gasteiger partial charge in [0.15, 0.2) is 0 Å². The van der Waals surface area contributed by atoms with Gasteiger partial charge in [0.25, 0.3) is 0 Å². The van der Waals surface area contributed by atoms with E-state index >= 15 is 0 Å². The van der Waals surface area contributed by atoms with Crippen molar-refractivity contribution in [3.63, 3.8) is 0 Å². The van der Waals surface area contributed by atoms with Crippen molar-refractivity contribution >= 4 is 5.95 Å². The van der Waals surface area contributed by atoms with Crippen molar-refractivity contribution in [1.82, 2.24) is 25.1 Å². The maximum Gasteiger partial charge on any atom is 0.247 e. The van der Waals surface area contributed by atoms with E-state index in [0.29, 0.717) is 25.7 Å². The lowest BCUT2D eigenvalue weighted by Gasteiger charge is -2.35. The second-order valence-corrected chi connectivity index (χ2v) is 6.35. The first-order valence-corrected chi connectivity index (χ1v) is 8.96. The van der Waals surface area contributed by atoms with E-state index in [0.717, 1.165) is 24.3 Å². The first kappa shape index (κ1) is 17.6. The van der Waals surface area contributed by atoms with Crippen LogP contribution in [0.15, 0.2) is 54.6 Å². The van der Waals surface area contributed by atoms with Crippen LogP contribution in [-0.4, -0.2) is 58.0 Å². The summed E-state index contributed by atoms with van der Waals surface area (Å²) in [6, 6.07) is 16.4. The molecule has 1 saturated heterocycles. The van der Waals surface area contributed by atoms with E-state index < -0.39 is 0 Å². The highest BCUT2D eigenvalue weighted by atomic mass is 19.1. The SMILES string of the molecule is Fc1ccc([C@@H](CNc2nnnn2-c2ccccc2)N2CCOCC2)cc1. The summed E-state index contributed by atoms with van der Waals surface area (Å²) in [4.78, 5) is 2.33. The number of tetrazole rings is 1. The van der Waals surface area contributed by atoms with Gasteiger partial charge < -0.3 is 10.1 Å². The predicted octanol–water partition coefficient (Wildman–Crippen LogP) is 2.29. The number of nitrogens with one attached hydrogen (secondary N) is 1. The number of nitrogens with zero attached hydrogens (tertiary/aromatic N) is 5. The summed E-state index contributed by atoms with van der Waals surface area (Å²) >= 11 is 0. The van der Waals surface area contributed by atoms with Gasteiger partial charge in [-0.05, 0) is 40.3 Å². The van der Waals surface area contributed by atoms with E-state index in [4.69, 9.17) is 4.74 Å². The summed E-state index contributed by atoms with van der Waals surface area (Å²) in [5, 5.41) is 15.3. The smallest absolute Gasteiger partial charge is 0.247 e. The van der Waals surface area contributed by atoms with Gasteiger partial charge in [-0.2, -0.15) is 4.68 Å². The first-order valence-electron chi connectivity index (χ1n) is 8.96. The number of anilines is 1. The summed E-state index contributed by atoms with van der Waals surface area (Å²) in [6.45, 7) is 3.64. The number of morpholine rings is 1. The standard InChI is InChI=1S/C19H21FN6O/c20-16-8-6-15(7-9-16)18(25-10-12-27-13-11-25)14-21-19-22-23-24-26(19)17-4-2-1-3-5-17/h1-9,18H,10-14H2,(H,21,22,24)/t18-/m1/s1. The molecular formula is C19H21FN6O. The van der Waals surface area contributed by atoms with Crippen LogP contribution in [-0.2, 0) is 4.74 Å². The van der Waals surface area contributed by atoms with E-state index in [1.807, 2.05) is 42.5 Å². The molecule has 0 unspecified atom stereocenters. The van der Waals surface area contributed by atoms with E-state index in [1.54, 1.807) is 4.68 Å². The molecule has 2 aromatic carbocycles. The summed E-state index contributed by atoms with van der Waals surface area (Å²) in [7, 11) is 0. The Morgan fingerprint density at radius 2 is 1.78 bits per heavy atom. The van der Waals surface area contributed by atoms with Gasteiger partial charge in [-0.15, -0.1) is 0 Å². The van der Waals surface area contributed by atoms with Gasteiger partial charge in [-0.25, -0.2) is 4.39 Å². The number of rotatable bonds is 6. The first-order chi connectivity index (χ1) is 13.3. The van der Waals surface area contributed by atoms with E-state index in [1.165, 1.54) is 12.1 Å². The Hall–Kier alpha value is -2.84. The highest BCUT2D eigenvalue weighted by Gasteiger charge is 2.23. The van der Waals surface area contributed by atoms with Gasteiger partial charge in [0.1, 0.15) is 5.82 Å². The summed E-state index contributed by atoms with van der Waals surface area (Å²) < 4.78 is 20.5. The van der Waals surface area contributed by atoms with Gasteiger partial charge in [-0.1, -0.05) is 35.4 Å². The highest BCUT2D eigenvalue weighted by Crippen LogP contribution is 2.23. The molecule has 2 heterocycles. The van der Waals surface area contributed by atoms with Crippen LogP contribution in [0.5, 0.6) is 0 Å². The maximum atomic E-state index is 13.4. The quantitative estimate of drug-likeness (QED) is 0.720. The Morgan fingerprint density at radius 1 is 1.04 bits per heavy atom. The van der Waals surface area contributed by atoms with Crippen LogP contribution in [0, 0.1) is 5.82 Å². The van der Waals surface area contributed by atoms with Crippen molar-refractivity contribution in [2.75, 3.05) is 38.2 Å². The molecule has 1 fully saturated rings. The van der Waals surface area contributed by atoms with Crippen LogP contribution in [0.3, 0.4) is 0 Å². The molecule has 8 heteroatoms. The van der Waals surface area contributed by atoms with Gasteiger partial charge in [-0.3, -0.25) is 4.90 Å². The largest absolute Gasteiger partial charge is 0.379 e. The topological polar surface area (TPSA) is 68.1 Å². The molecule has 3 aromatic rings. The molecular weight excluding hydrogens is 347 g/mol. The minimum Gasteiger partial charge on any atom is -0.379 e. The molecule has 1 aliphatic rings. The van der Waals surface area contributed by atoms with Crippen LogP contribution in [0.1, 0.15) is 11.6 Å². The zero-order valence-corrected chi connectivity index (χ0v) is 14.8. The third kappa shape index (κ3) is 4.12. The molecule has 0 aliphatic carbocycles. The molecule has 1 atom stereocenters. The number of hydrogen-bond donors (Lipinski definition) is 1. The number of benzene rings is 2. The fourth-order valence-corrected chi connectivity index (χ4v) is 3.26. The molecule has 0 radical (unpaired) electrons. The monoisotopic (exact) mass is 368 g/mol. The lowest BCUT2D eigenvalue weighted by molar-refractivity contribution is 0.0186. The second kappa shape index (κ2) is 8.24. The predicted molar refractivity (Wildman–Crippen MR) is 99.2 cm³/mol. The van der Waals surface area contributed by atoms with Crippen molar-refractivity contribution in [2.24, 2.45) is 0 Å². The van der Waals surface area contributed by atoms with Crippen LogP contribution in [0.2, 0.25) is 0 Å².